The third-order valence-electron chi connectivity index (χ3n) is 3.52. The summed E-state index contributed by atoms with van der Waals surface area (Å²) in [5, 5.41) is 0. The van der Waals surface area contributed by atoms with E-state index in [9.17, 15) is 0 Å². The zero-order chi connectivity index (χ0) is 14.0. The standard InChI is InChI=1S/C16H26O4/c1-14(20-16-10-4-7-13-19-16)8-2-5-11-17-15-9-3-6-12-18-15/h14-16H,3-4,6-13H2,1H3. The molecule has 0 N–H and O–H groups in total. The van der Waals surface area contributed by atoms with Crippen molar-refractivity contribution in [1.82, 2.24) is 0 Å². The Morgan fingerprint density at radius 1 is 1.00 bits per heavy atom. The van der Waals surface area contributed by atoms with E-state index in [-0.39, 0.29) is 18.7 Å². The predicted molar refractivity (Wildman–Crippen MR) is 76.1 cm³/mol. The molecule has 2 aliphatic heterocycles. The number of ether oxygens (including phenoxy) is 4. The lowest BCUT2D eigenvalue weighted by Crippen LogP contribution is -2.26. The molecule has 0 aromatic heterocycles. The highest BCUT2D eigenvalue weighted by atomic mass is 16.7. The van der Waals surface area contributed by atoms with Crippen LogP contribution in [0, 0.1) is 11.8 Å². The topological polar surface area (TPSA) is 36.9 Å². The van der Waals surface area contributed by atoms with Gasteiger partial charge in [0.25, 0.3) is 0 Å². The van der Waals surface area contributed by atoms with E-state index < -0.39 is 0 Å². The van der Waals surface area contributed by atoms with Crippen molar-refractivity contribution in [2.75, 3.05) is 19.8 Å². The summed E-state index contributed by atoms with van der Waals surface area (Å²) in [5.41, 5.74) is 0. The van der Waals surface area contributed by atoms with Crippen LogP contribution in [0.2, 0.25) is 0 Å². The Hall–Kier alpha value is -0.600. The highest BCUT2D eigenvalue weighted by molar-refractivity contribution is 5.00. The van der Waals surface area contributed by atoms with Gasteiger partial charge in [-0.1, -0.05) is 11.8 Å². The van der Waals surface area contributed by atoms with Crippen molar-refractivity contribution >= 4 is 0 Å². The highest BCUT2D eigenvalue weighted by Crippen LogP contribution is 2.16. The van der Waals surface area contributed by atoms with E-state index >= 15 is 0 Å². The van der Waals surface area contributed by atoms with E-state index in [0.717, 1.165) is 45.3 Å². The molecule has 0 aromatic rings. The van der Waals surface area contributed by atoms with Crippen molar-refractivity contribution in [2.24, 2.45) is 0 Å². The molecule has 0 radical (unpaired) electrons. The first kappa shape index (κ1) is 15.8. The van der Waals surface area contributed by atoms with E-state index in [1.807, 2.05) is 6.92 Å². The smallest absolute Gasteiger partial charge is 0.158 e. The maximum absolute atomic E-state index is 5.80. The molecule has 114 valence electrons. The molecule has 3 unspecified atom stereocenters. The molecule has 2 saturated heterocycles. The van der Waals surface area contributed by atoms with E-state index in [0.29, 0.717) is 6.61 Å². The summed E-state index contributed by atoms with van der Waals surface area (Å²) in [6.07, 6.45) is 7.39. The Morgan fingerprint density at radius 2 is 1.70 bits per heavy atom. The van der Waals surface area contributed by atoms with Crippen LogP contribution in [-0.4, -0.2) is 38.5 Å². The van der Waals surface area contributed by atoms with Crippen molar-refractivity contribution in [2.45, 2.75) is 70.6 Å². The molecule has 0 bridgehead atoms. The summed E-state index contributed by atoms with van der Waals surface area (Å²) in [5.74, 6) is 6.13. The Kier molecular flexibility index (Phi) is 7.38. The predicted octanol–water partition coefficient (Wildman–Crippen LogP) is 2.85. The Balaban J connectivity index is 1.53. The molecule has 0 amide bonds. The van der Waals surface area contributed by atoms with Gasteiger partial charge in [-0.25, -0.2) is 0 Å². The van der Waals surface area contributed by atoms with Gasteiger partial charge in [-0.3, -0.25) is 0 Å². The van der Waals surface area contributed by atoms with Crippen LogP contribution in [0.15, 0.2) is 0 Å². The lowest BCUT2D eigenvalue weighted by Gasteiger charge is -2.25. The van der Waals surface area contributed by atoms with Gasteiger partial charge in [0.1, 0.15) is 6.61 Å². The first-order valence-corrected chi connectivity index (χ1v) is 7.80. The van der Waals surface area contributed by atoms with Crippen LogP contribution >= 0.6 is 0 Å². The van der Waals surface area contributed by atoms with Crippen LogP contribution in [0.5, 0.6) is 0 Å². The van der Waals surface area contributed by atoms with Crippen LogP contribution < -0.4 is 0 Å². The van der Waals surface area contributed by atoms with Crippen molar-refractivity contribution in [3.8, 4) is 11.8 Å². The molecule has 2 rings (SSSR count). The molecule has 0 saturated carbocycles. The Morgan fingerprint density at radius 3 is 2.35 bits per heavy atom. The van der Waals surface area contributed by atoms with E-state index in [1.54, 1.807) is 0 Å². The molecule has 20 heavy (non-hydrogen) atoms. The quantitative estimate of drug-likeness (QED) is 0.727. The fraction of sp³-hybridized carbons (Fsp3) is 0.875. The molecular formula is C16H26O4. The minimum atomic E-state index is -0.0534. The average molecular weight is 282 g/mol. The average Bonchev–Trinajstić information content (AvgIpc) is 2.49. The Labute approximate surface area is 122 Å². The third kappa shape index (κ3) is 6.23. The highest BCUT2D eigenvalue weighted by Gasteiger charge is 2.16. The number of hydrogen-bond donors (Lipinski definition) is 0. The molecule has 3 atom stereocenters. The van der Waals surface area contributed by atoms with Gasteiger partial charge in [0.2, 0.25) is 0 Å². The molecule has 0 spiro atoms. The zero-order valence-corrected chi connectivity index (χ0v) is 12.4. The molecule has 0 aromatic carbocycles. The van der Waals surface area contributed by atoms with Crippen LogP contribution in [0.3, 0.4) is 0 Å². The first-order valence-electron chi connectivity index (χ1n) is 7.80. The van der Waals surface area contributed by atoms with Gasteiger partial charge in [-0.2, -0.15) is 0 Å². The molecule has 2 aliphatic rings. The van der Waals surface area contributed by atoms with Gasteiger partial charge in [-0.05, 0) is 45.4 Å². The van der Waals surface area contributed by atoms with E-state index in [2.05, 4.69) is 11.8 Å². The van der Waals surface area contributed by atoms with E-state index in [4.69, 9.17) is 18.9 Å². The van der Waals surface area contributed by atoms with Gasteiger partial charge < -0.3 is 18.9 Å². The number of rotatable bonds is 5. The van der Waals surface area contributed by atoms with Gasteiger partial charge in [-0.15, -0.1) is 0 Å². The van der Waals surface area contributed by atoms with Gasteiger partial charge in [0.05, 0.1) is 6.10 Å². The second kappa shape index (κ2) is 9.36. The van der Waals surface area contributed by atoms with Crippen molar-refractivity contribution < 1.29 is 18.9 Å². The second-order valence-corrected chi connectivity index (χ2v) is 5.41. The summed E-state index contributed by atoms with van der Waals surface area (Å²) in [6, 6.07) is 0. The minimum Gasteiger partial charge on any atom is -0.353 e. The van der Waals surface area contributed by atoms with Gasteiger partial charge in [0.15, 0.2) is 12.6 Å². The van der Waals surface area contributed by atoms with Crippen LogP contribution in [0.4, 0.5) is 0 Å². The molecule has 4 nitrogen and oxygen atoms in total. The van der Waals surface area contributed by atoms with E-state index in [1.165, 1.54) is 12.8 Å². The summed E-state index contributed by atoms with van der Waals surface area (Å²) in [6.45, 7) is 4.11. The minimum absolute atomic E-state index is 0.0348. The largest absolute Gasteiger partial charge is 0.353 e. The zero-order valence-electron chi connectivity index (χ0n) is 12.4. The summed E-state index contributed by atoms with van der Waals surface area (Å²) >= 11 is 0. The summed E-state index contributed by atoms with van der Waals surface area (Å²) in [4.78, 5) is 0. The summed E-state index contributed by atoms with van der Waals surface area (Å²) in [7, 11) is 0. The molecule has 2 fully saturated rings. The SMILES string of the molecule is CC(CC#CCOC1CCCCO1)OC1CCCCO1. The second-order valence-electron chi connectivity index (χ2n) is 5.41. The van der Waals surface area contributed by atoms with Gasteiger partial charge in [0, 0.05) is 19.6 Å². The lowest BCUT2D eigenvalue weighted by molar-refractivity contribution is -0.183. The molecule has 2 heterocycles. The molecule has 0 aliphatic carbocycles. The van der Waals surface area contributed by atoms with Crippen LogP contribution in [0.1, 0.15) is 51.9 Å². The van der Waals surface area contributed by atoms with Crippen molar-refractivity contribution in [3.63, 3.8) is 0 Å². The third-order valence-corrected chi connectivity index (χ3v) is 3.52. The fourth-order valence-corrected chi connectivity index (χ4v) is 2.37. The first-order chi connectivity index (χ1) is 9.84. The number of hydrogen-bond acceptors (Lipinski definition) is 4. The normalized spacial score (nSPS) is 28.4. The molecule has 4 heteroatoms. The van der Waals surface area contributed by atoms with Crippen molar-refractivity contribution in [1.29, 1.82) is 0 Å². The Bertz CT molecular complexity index is 308. The monoisotopic (exact) mass is 282 g/mol. The summed E-state index contributed by atoms with van der Waals surface area (Å²) < 4.78 is 22.4. The van der Waals surface area contributed by atoms with Crippen LogP contribution in [-0.2, 0) is 18.9 Å². The molecular weight excluding hydrogens is 256 g/mol. The lowest BCUT2D eigenvalue weighted by atomic mass is 10.2. The fourth-order valence-electron chi connectivity index (χ4n) is 2.37. The van der Waals surface area contributed by atoms with Gasteiger partial charge >= 0.3 is 0 Å². The maximum atomic E-state index is 5.80. The maximum Gasteiger partial charge on any atom is 0.158 e. The van der Waals surface area contributed by atoms with Crippen molar-refractivity contribution in [3.05, 3.63) is 0 Å². The van der Waals surface area contributed by atoms with Crippen LogP contribution in [0.25, 0.3) is 0 Å².